The van der Waals surface area contributed by atoms with E-state index in [1.165, 1.54) is 17.7 Å². The molecule has 0 bridgehead atoms. The quantitative estimate of drug-likeness (QED) is 0.919. The monoisotopic (exact) mass is 280 g/mol. The molecular weight excluding hydrogens is 256 g/mol. The molecule has 0 radical (unpaired) electrons. The minimum atomic E-state index is 0.0262. The van der Waals surface area contributed by atoms with Crippen LogP contribution in [-0.2, 0) is 11.2 Å². The topological polar surface area (TPSA) is 32.3 Å². The van der Waals surface area contributed by atoms with E-state index in [1.807, 2.05) is 11.9 Å². The number of hydrogen-bond donors (Lipinski definition) is 1. The van der Waals surface area contributed by atoms with Crippen LogP contribution in [0.4, 0.5) is 0 Å². The maximum absolute atomic E-state index is 12.5. The van der Waals surface area contributed by atoms with Crippen LogP contribution in [0.5, 0.6) is 0 Å². The molecule has 2 heterocycles. The first-order valence-electron chi connectivity index (χ1n) is 7.21. The van der Waals surface area contributed by atoms with Crippen molar-refractivity contribution < 1.29 is 4.79 Å². The molecule has 1 N–H and O–H groups in total. The van der Waals surface area contributed by atoms with E-state index in [0.29, 0.717) is 0 Å². The fourth-order valence-corrected chi connectivity index (χ4v) is 3.39. The predicted octanol–water partition coefficient (Wildman–Crippen LogP) is 2.67. The maximum Gasteiger partial charge on any atom is 0.239 e. The maximum atomic E-state index is 12.5. The van der Waals surface area contributed by atoms with Gasteiger partial charge in [-0.25, -0.2) is 0 Å². The van der Waals surface area contributed by atoms with Crippen molar-refractivity contribution >= 4 is 17.2 Å². The highest BCUT2D eigenvalue weighted by Gasteiger charge is 2.25. The second-order valence-corrected chi connectivity index (χ2v) is 6.47. The van der Waals surface area contributed by atoms with E-state index in [2.05, 4.69) is 29.8 Å². The second-order valence-electron chi connectivity index (χ2n) is 5.44. The van der Waals surface area contributed by atoms with Gasteiger partial charge in [-0.3, -0.25) is 4.79 Å². The van der Waals surface area contributed by atoms with E-state index in [9.17, 15) is 4.79 Å². The summed E-state index contributed by atoms with van der Waals surface area (Å²) in [7, 11) is 1.94. The summed E-state index contributed by atoms with van der Waals surface area (Å²) in [5.41, 5.74) is 0. The van der Waals surface area contributed by atoms with Crippen molar-refractivity contribution in [2.24, 2.45) is 0 Å². The van der Waals surface area contributed by atoms with Gasteiger partial charge >= 0.3 is 0 Å². The SMILES string of the molecule is CC(Cc1cccs1)N(C)C(=O)C1CCCCCN1. The van der Waals surface area contributed by atoms with Crippen molar-refractivity contribution in [2.45, 2.75) is 51.1 Å². The molecule has 1 aliphatic rings. The number of rotatable bonds is 4. The van der Waals surface area contributed by atoms with Crippen LogP contribution in [-0.4, -0.2) is 36.5 Å². The molecule has 106 valence electrons. The smallest absolute Gasteiger partial charge is 0.239 e. The van der Waals surface area contributed by atoms with Crippen molar-refractivity contribution in [1.29, 1.82) is 0 Å². The minimum absolute atomic E-state index is 0.0262. The van der Waals surface area contributed by atoms with Crippen LogP contribution < -0.4 is 5.32 Å². The molecular formula is C15H24N2OS. The van der Waals surface area contributed by atoms with E-state index >= 15 is 0 Å². The van der Waals surface area contributed by atoms with Crippen LogP contribution >= 0.6 is 11.3 Å². The molecule has 1 aromatic rings. The molecule has 1 aromatic heterocycles. The Bertz CT molecular complexity index is 383. The first-order valence-corrected chi connectivity index (χ1v) is 8.09. The Labute approximate surface area is 120 Å². The van der Waals surface area contributed by atoms with Crippen molar-refractivity contribution in [3.05, 3.63) is 22.4 Å². The number of carbonyl (C=O) groups is 1. The molecule has 1 saturated heterocycles. The molecule has 1 fully saturated rings. The summed E-state index contributed by atoms with van der Waals surface area (Å²) in [6.07, 6.45) is 5.53. The van der Waals surface area contributed by atoms with E-state index in [0.717, 1.165) is 25.8 Å². The van der Waals surface area contributed by atoms with Gasteiger partial charge in [0.25, 0.3) is 0 Å². The highest BCUT2D eigenvalue weighted by Crippen LogP contribution is 2.16. The van der Waals surface area contributed by atoms with Crippen molar-refractivity contribution in [2.75, 3.05) is 13.6 Å². The van der Waals surface area contributed by atoms with Gasteiger partial charge in [0.05, 0.1) is 6.04 Å². The largest absolute Gasteiger partial charge is 0.341 e. The molecule has 0 saturated carbocycles. The van der Waals surface area contributed by atoms with Gasteiger partial charge < -0.3 is 10.2 Å². The Balaban J connectivity index is 1.89. The van der Waals surface area contributed by atoms with Crippen LogP contribution in [0.15, 0.2) is 17.5 Å². The molecule has 19 heavy (non-hydrogen) atoms. The van der Waals surface area contributed by atoms with Gasteiger partial charge in [0.2, 0.25) is 5.91 Å². The van der Waals surface area contributed by atoms with E-state index < -0.39 is 0 Å². The molecule has 0 spiro atoms. The fourth-order valence-electron chi connectivity index (χ4n) is 2.56. The highest BCUT2D eigenvalue weighted by atomic mass is 32.1. The summed E-state index contributed by atoms with van der Waals surface area (Å²) in [5.74, 6) is 0.256. The van der Waals surface area contributed by atoms with Gasteiger partial charge in [-0.1, -0.05) is 18.9 Å². The Kier molecular flexibility index (Phi) is 5.40. The minimum Gasteiger partial charge on any atom is -0.341 e. The van der Waals surface area contributed by atoms with Gasteiger partial charge in [0.1, 0.15) is 0 Å². The Morgan fingerprint density at radius 1 is 1.53 bits per heavy atom. The lowest BCUT2D eigenvalue weighted by Gasteiger charge is -2.28. The normalized spacial score (nSPS) is 21.7. The van der Waals surface area contributed by atoms with Gasteiger partial charge in [0, 0.05) is 24.4 Å². The first-order chi connectivity index (χ1) is 9.18. The molecule has 0 aromatic carbocycles. The van der Waals surface area contributed by atoms with Gasteiger partial charge in [-0.2, -0.15) is 0 Å². The van der Waals surface area contributed by atoms with Crippen LogP contribution in [0.3, 0.4) is 0 Å². The molecule has 1 amide bonds. The number of nitrogens with zero attached hydrogens (tertiary/aromatic N) is 1. The van der Waals surface area contributed by atoms with Crippen LogP contribution in [0, 0.1) is 0 Å². The van der Waals surface area contributed by atoms with Crippen LogP contribution in [0.2, 0.25) is 0 Å². The second kappa shape index (κ2) is 7.06. The number of thiophene rings is 1. The molecule has 3 nitrogen and oxygen atoms in total. The van der Waals surface area contributed by atoms with Crippen LogP contribution in [0.1, 0.15) is 37.5 Å². The molecule has 2 rings (SSSR count). The molecule has 0 aliphatic carbocycles. The summed E-state index contributed by atoms with van der Waals surface area (Å²) < 4.78 is 0. The Morgan fingerprint density at radius 2 is 2.37 bits per heavy atom. The molecule has 2 unspecified atom stereocenters. The third kappa shape index (κ3) is 4.05. The van der Waals surface area contributed by atoms with E-state index in [-0.39, 0.29) is 18.0 Å². The predicted molar refractivity (Wildman–Crippen MR) is 80.5 cm³/mol. The number of amides is 1. The highest BCUT2D eigenvalue weighted by molar-refractivity contribution is 7.09. The molecule has 1 aliphatic heterocycles. The van der Waals surface area contributed by atoms with Gasteiger partial charge in [-0.15, -0.1) is 11.3 Å². The van der Waals surface area contributed by atoms with Crippen molar-refractivity contribution in [1.82, 2.24) is 10.2 Å². The van der Waals surface area contributed by atoms with Crippen molar-refractivity contribution in [3.8, 4) is 0 Å². The zero-order valence-corrected chi connectivity index (χ0v) is 12.7. The lowest BCUT2D eigenvalue weighted by molar-refractivity contribution is -0.134. The lowest BCUT2D eigenvalue weighted by Crippen LogP contribution is -2.48. The summed E-state index contributed by atoms with van der Waals surface area (Å²) in [6, 6.07) is 4.50. The van der Waals surface area contributed by atoms with Crippen LogP contribution in [0.25, 0.3) is 0 Å². The van der Waals surface area contributed by atoms with Crippen molar-refractivity contribution in [3.63, 3.8) is 0 Å². The standard InChI is InChI=1S/C15H24N2OS/c1-12(11-13-7-6-10-19-13)17(2)15(18)14-8-4-3-5-9-16-14/h6-7,10,12,14,16H,3-5,8-9,11H2,1-2H3. The number of likely N-dealkylation sites (N-methyl/N-ethyl adjacent to an activating group) is 1. The zero-order chi connectivity index (χ0) is 13.7. The number of hydrogen-bond acceptors (Lipinski definition) is 3. The third-order valence-corrected chi connectivity index (χ3v) is 4.84. The molecule has 2 atom stereocenters. The Hall–Kier alpha value is -0.870. The summed E-state index contributed by atoms with van der Waals surface area (Å²) in [5, 5.41) is 5.48. The molecule has 4 heteroatoms. The summed E-state index contributed by atoms with van der Waals surface area (Å²) in [6.45, 7) is 3.11. The average Bonchev–Trinajstić information content (AvgIpc) is 2.77. The lowest BCUT2D eigenvalue weighted by atomic mass is 10.1. The number of carbonyl (C=O) groups excluding carboxylic acids is 1. The van der Waals surface area contributed by atoms with Gasteiger partial charge in [-0.05, 0) is 37.8 Å². The van der Waals surface area contributed by atoms with E-state index in [4.69, 9.17) is 0 Å². The third-order valence-electron chi connectivity index (χ3n) is 3.94. The van der Waals surface area contributed by atoms with E-state index in [1.54, 1.807) is 11.3 Å². The van der Waals surface area contributed by atoms with Gasteiger partial charge in [0.15, 0.2) is 0 Å². The summed E-state index contributed by atoms with van der Waals surface area (Å²) in [4.78, 5) is 15.8. The summed E-state index contributed by atoms with van der Waals surface area (Å²) >= 11 is 1.77. The number of nitrogens with one attached hydrogen (secondary N) is 1. The fraction of sp³-hybridized carbons (Fsp3) is 0.667. The zero-order valence-electron chi connectivity index (χ0n) is 11.9. The average molecular weight is 280 g/mol. The first kappa shape index (κ1) is 14.5. The Morgan fingerprint density at radius 3 is 3.11 bits per heavy atom.